The number of hydrogen-bond donors (Lipinski definition) is 1. The van der Waals surface area contributed by atoms with Crippen molar-refractivity contribution in [2.24, 2.45) is 0 Å². The third kappa shape index (κ3) is 7.08. The molecule has 10 nitrogen and oxygen atoms in total. The second-order valence-corrected chi connectivity index (χ2v) is 10.8. The predicted molar refractivity (Wildman–Crippen MR) is 140 cm³/mol. The highest BCUT2D eigenvalue weighted by Crippen LogP contribution is 2.30. The molecule has 0 aliphatic heterocycles. The van der Waals surface area contributed by atoms with Crippen molar-refractivity contribution in [2.75, 3.05) is 23.7 Å². The molecule has 0 bridgehead atoms. The van der Waals surface area contributed by atoms with Gasteiger partial charge in [-0.15, -0.1) is 0 Å². The summed E-state index contributed by atoms with van der Waals surface area (Å²) in [6.45, 7) is 4.50. The van der Waals surface area contributed by atoms with Crippen LogP contribution in [0.4, 0.5) is 11.4 Å². The number of rotatable bonds is 11. The van der Waals surface area contributed by atoms with Gasteiger partial charge in [0.2, 0.25) is 21.8 Å². The van der Waals surface area contributed by atoms with Gasteiger partial charge in [-0.05, 0) is 38.0 Å². The van der Waals surface area contributed by atoms with Crippen molar-refractivity contribution in [3.8, 4) is 0 Å². The van der Waals surface area contributed by atoms with Crippen LogP contribution in [0, 0.1) is 17.0 Å². The molecule has 0 saturated heterocycles. The first kappa shape index (κ1) is 29.3. The summed E-state index contributed by atoms with van der Waals surface area (Å²) in [7, 11) is -4.05. The van der Waals surface area contributed by atoms with Gasteiger partial charge in [0.05, 0.1) is 16.9 Å². The van der Waals surface area contributed by atoms with Crippen LogP contribution >= 0.6 is 23.2 Å². The van der Waals surface area contributed by atoms with Crippen molar-refractivity contribution in [1.82, 2.24) is 10.2 Å². The molecular weight excluding hydrogens is 531 g/mol. The van der Waals surface area contributed by atoms with Crippen LogP contribution in [0.25, 0.3) is 0 Å². The molecule has 0 fully saturated rings. The maximum atomic E-state index is 13.7. The molecule has 1 atom stereocenters. The van der Waals surface area contributed by atoms with Crippen molar-refractivity contribution in [1.29, 1.82) is 0 Å². The number of anilines is 1. The van der Waals surface area contributed by atoms with Gasteiger partial charge < -0.3 is 10.2 Å². The Morgan fingerprint density at radius 1 is 1.14 bits per heavy atom. The normalized spacial score (nSPS) is 12.1. The summed E-state index contributed by atoms with van der Waals surface area (Å²) in [6, 6.07) is 7.62. The Hall–Kier alpha value is -2.89. The molecule has 2 rings (SSSR count). The van der Waals surface area contributed by atoms with Crippen LogP contribution < -0.4 is 9.62 Å². The second-order valence-electron chi connectivity index (χ2n) is 8.04. The van der Waals surface area contributed by atoms with E-state index in [0.29, 0.717) is 17.7 Å². The van der Waals surface area contributed by atoms with Gasteiger partial charge in [0, 0.05) is 40.8 Å². The minimum Gasteiger partial charge on any atom is -0.355 e. The standard InChI is InChI=1S/C23H28Cl2N4O6S/c1-5-20(23(31)26-6-2)27(13-17-18(24)8-7-9-19(17)25)22(30)14-28(36(4,34)35)21-12-16(29(32)33)11-10-15(21)3/h7-12,20H,5-6,13-14H2,1-4H3,(H,26,31)/t20-/m0/s1. The lowest BCUT2D eigenvalue weighted by atomic mass is 10.1. The fourth-order valence-corrected chi connectivity index (χ4v) is 5.06. The van der Waals surface area contributed by atoms with E-state index < -0.39 is 39.3 Å². The highest BCUT2D eigenvalue weighted by molar-refractivity contribution is 7.92. The van der Waals surface area contributed by atoms with E-state index >= 15 is 0 Å². The zero-order valence-corrected chi connectivity index (χ0v) is 22.7. The highest BCUT2D eigenvalue weighted by atomic mass is 35.5. The SMILES string of the molecule is CCNC(=O)[C@H](CC)N(Cc1c(Cl)cccc1Cl)C(=O)CN(c1cc([N+](=O)[O-])ccc1C)S(C)(=O)=O. The molecule has 0 aromatic heterocycles. The molecule has 2 aromatic carbocycles. The van der Waals surface area contributed by atoms with Gasteiger partial charge >= 0.3 is 0 Å². The van der Waals surface area contributed by atoms with Crippen LogP contribution in [-0.2, 0) is 26.2 Å². The van der Waals surface area contributed by atoms with E-state index in [1.54, 1.807) is 39.0 Å². The Kier molecular flexibility index (Phi) is 10.1. The van der Waals surface area contributed by atoms with Crippen molar-refractivity contribution in [2.45, 2.75) is 39.8 Å². The number of sulfonamides is 1. The maximum absolute atomic E-state index is 13.7. The van der Waals surface area contributed by atoms with E-state index in [9.17, 15) is 28.1 Å². The largest absolute Gasteiger partial charge is 0.355 e. The number of carbonyl (C=O) groups excluding carboxylic acids is 2. The Balaban J connectivity index is 2.58. The van der Waals surface area contributed by atoms with Crippen LogP contribution in [0.15, 0.2) is 36.4 Å². The Morgan fingerprint density at radius 3 is 2.25 bits per heavy atom. The number of halogens is 2. The predicted octanol–water partition coefficient (Wildman–Crippen LogP) is 3.92. The summed E-state index contributed by atoms with van der Waals surface area (Å²) in [6.07, 6.45) is 1.13. The van der Waals surface area contributed by atoms with Gasteiger partial charge in [0.25, 0.3) is 5.69 Å². The molecule has 13 heteroatoms. The Morgan fingerprint density at radius 2 is 1.75 bits per heavy atom. The van der Waals surface area contributed by atoms with E-state index in [4.69, 9.17) is 23.2 Å². The number of nitrogens with one attached hydrogen (secondary N) is 1. The van der Waals surface area contributed by atoms with E-state index in [0.717, 1.165) is 16.6 Å². The van der Waals surface area contributed by atoms with Gasteiger partial charge in [-0.2, -0.15) is 0 Å². The summed E-state index contributed by atoms with van der Waals surface area (Å²) in [4.78, 5) is 38.4. The lowest BCUT2D eigenvalue weighted by molar-refractivity contribution is -0.384. The molecule has 0 aliphatic carbocycles. The molecule has 0 aliphatic rings. The van der Waals surface area contributed by atoms with Gasteiger partial charge in [-0.3, -0.25) is 24.0 Å². The topological polar surface area (TPSA) is 130 Å². The average Bonchev–Trinajstić information content (AvgIpc) is 2.79. The Labute approximate surface area is 220 Å². The molecule has 0 spiro atoms. The van der Waals surface area contributed by atoms with E-state index in [-0.39, 0.29) is 34.4 Å². The minimum atomic E-state index is -4.05. The number of benzene rings is 2. The van der Waals surface area contributed by atoms with Crippen molar-refractivity contribution in [3.05, 3.63) is 67.7 Å². The molecular formula is C23H28Cl2N4O6S. The zero-order chi connectivity index (χ0) is 27.2. The smallest absolute Gasteiger partial charge is 0.271 e. The molecule has 2 aromatic rings. The fourth-order valence-electron chi connectivity index (χ4n) is 3.64. The van der Waals surface area contributed by atoms with E-state index in [1.165, 1.54) is 17.0 Å². The molecule has 0 heterocycles. The van der Waals surface area contributed by atoms with Crippen LogP contribution in [-0.4, -0.2) is 55.4 Å². The number of hydrogen-bond acceptors (Lipinski definition) is 6. The second kappa shape index (κ2) is 12.4. The summed E-state index contributed by atoms with van der Waals surface area (Å²) in [5.74, 6) is -1.13. The number of likely N-dealkylation sites (N-methyl/N-ethyl adjacent to an activating group) is 1. The summed E-state index contributed by atoms with van der Waals surface area (Å²) in [5, 5.41) is 14.5. The molecule has 196 valence electrons. The number of aryl methyl sites for hydroxylation is 1. The first-order chi connectivity index (χ1) is 16.8. The van der Waals surface area contributed by atoms with Crippen molar-refractivity contribution in [3.63, 3.8) is 0 Å². The van der Waals surface area contributed by atoms with Crippen LogP contribution in [0.2, 0.25) is 10.0 Å². The molecule has 1 N–H and O–H groups in total. The fraction of sp³-hybridized carbons (Fsp3) is 0.391. The first-order valence-electron chi connectivity index (χ1n) is 11.0. The first-order valence-corrected chi connectivity index (χ1v) is 13.6. The molecule has 2 amide bonds. The average molecular weight is 559 g/mol. The quantitative estimate of drug-likeness (QED) is 0.328. The summed E-state index contributed by atoms with van der Waals surface area (Å²) in [5.41, 5.74) is 0.469. The number of nitro groups is 1. The number of nitro benzene ring substituents is 1. The minimum absolute atomic E-state index is 0.0122. The van der Waals surface area contributed by atoms with E-state index in [2.05, 4.69) is 5.32 Å². The summed E-state index contributed by atoms with van der Waals surface area (Å²) >= 11 is 12.6. The lowest BCUT2D eigenvalue weighted by Gasteiger charge is -2.33. The Bertz CT molecular complexity index is 1230. The third-order valence-corrected chi connectivity index (χ3v) is 7.31. The van der Waals surface area contributed by atoms with E-state index in [1.807, 2.05) is 0 Å². The van der Waals surface area contributed by atoms with Gasteiger partial charge in [0.15, 0.2) is 0 Å². The van der Waals surface area contributed by atoms with Crippen LogP contribution in [0.3, 0.4) is 0 Å². The number of carbonyl (C=O) groups is 2. The van der Waals surface area contributed by atoms with Crippen LogP contribution in [0.5, 0.6) is 0 Å². The van der Waals surface area contributed by atoms with Gasteiger partial charge in [-0.25, -0.2) is 8.42 Å². The monoisotopic (exact) mass is 558 g/mol. The molecule has 36 heavy (non-hydrogen) atoms. The van der Waals surface area contributed by atoms with Gasteiger partial charge in [0.1, 0.15) is 12.6 Å². The lowest BCUT2D eigenvalue weighted by Crippen LogP contribution is -2.52. The molecule has 0 radical (unpaired) electrons. The van der Waals surface area contributed by atoms with Crippen molar-refractivity contribution >= 4 is 56.4 Å². The number of amides is 2. The number of non-ortho nitro benzene ring substituents is 1. The highest BCUT2D eigenvalue weighted by Gasteiger charge is 2.33. The number of nitrogens with zero attached hydrogens (tertiary/aromatic N) is 3. The van der Waals surface area contributed by atoms with Crippen LogP contribution in [0.1, 0.15) is 31.4 Å². The zero-order valence-electron chi connectivity index (χ0n) is 20.3. The third-order valence-electron chi connectivity index (χ3n) is 5.48. The molecule has 0 saturated carbocycles. The maximum Gasteiger partial charge on any atom is 0.271 e. The summed E-state index contributed by atoms with van der Waals surface area (Å²) < 4.78 is 26.3. The van der Waals surface area contributed by atoms with Crippen molar-refractivity contribution < 1.29 is 22.9 Å². The molecule has 0 unspecified atom stereocenters. The van der Waals surface area contributed by atoms with Gasteiger partial charge in [-0.1, -0.05) is 42.3 Å².